The van der Waals surface area contributed by atoms with Gasteiger partial charge in [0.15, 0.2) is 0 Å². The first-order valence-corrected chi connectivity index (χ1v) is 7.67. The standard InChI is InChI=1S/C15H28N4/c1-4-8-18(12-15-6-5-7-16-15)10-14-9-17-19(11-14)13(2)3/h9,11,13,15-16H,4-8,10,12H2,1-3H3. The predicted molar refractivity (Wildman–Crippen MR) is 79.2 cm³/mol. The van der Waals surface area contributed by atoms with E-state index in [0.717, 1.165) is 6.54 Å². The largest absolute Gasteiger partial charge is 0.313 e. The summed E-state index contributed by atoms with van der Waals surface area (Å²) in [6.45, 7) is 11.2. The Bertz CT molecular complexity index is 366. The molecule has 0 radical (unpaired) electrons. The Balaban J connectivity index is 1.90. The average Bonchev–Trinajstić information content (AvgIpc) is 3.00. The lowest BCUT2D eigenvalue weighted by molar-refractivity contribution is 0.241. The van der Waals surface area contributed by atoms with Gasteiger partial charge in [-0.1, -0.05) is 6.92 Å². The molecular weight excluding hydrogens is 236 g/mol. The van der Waals surface area contributed by atoms with E-state index in [4.69, 9.17) is 0 Å². The van der Waals surface area contributed by atoms with Crippen LogP contribution in [0, 0.1) is 0 Å². The smallest absolute Gasteiger partial charge is 0.0534 e. The first kappa shape index (κ1) is 14.5. The quantitative estimate of drug-likeness (QED) is 0.821. The van der Waals surface area contributed by atoms with Crippen LogP contribution in [0.4, 0.5) is 0 Å². The van der Waals surface area contributed by atoms with Gasteiger partial charge in [-0.2, -0.15) is 5.10 Å². The van der Waals surface area contributed by atoms with E-state index in [-0.39, 0.29) is 0 Å². The molecule has 4 heteroatoms. The molecule has 1 unspecified atom stereocenters. The van der Waals surface area contributed by atoms with Gasteiger partial charge in [0.05, 0.1) is 6.20 Å². The maximum atomic E-state index is 4.44. The van der Waals surface area contributed by atoms with Crippen molar-refractivity contribution in [2.45, 2.75) is 58.7 Å². The number of hydrogen-bond acceptors (Lipinski definition) is 3. The Morgan fingerprint density at radius 1 is 1.53 bits per heavy atom. The summed E-state index contributed by atoms with van der Waals surface area (Å²) in [5, 5.41) is 8.03. The van der Waals surface area contributed by atoms with Gasteiger partial charge in [-0.25, -0.2) is 0 Å². The van der Waals surface area contributed by atoms with E-state index in [0.29, 0.717) is 12.1 Å². The SMILES string of the molecule is CCCN(Cc1cnn(C(C)C)c1)CC1CCCN1. The summed E-state index contributed by atoms with van der Waals surface area (Å²) in [4.78, 5) is 2.56. The molecule has 1 aromatic rings. The summed E-state index contributed by atoms with van der Waals surface area (Å²) < 4.78 is 2.05. The van der Waals surface area contributed by atoms with Gasteiger partial charge < -0.3 is 5.32 Å². The van der Waals surface area contributed by atoms with E-state index in [1.165, 1.54) is 44.5 Å². The van der Waals surface area contributed by atoms with Crippen LogP contribution in [0.25, 0.3) is 0 Å². The minimum Gasteiger partial charge on any atom is -0.313 e. The van der Waals surface area contributed by atoms with Crippen molar-refractivity contribution in [3.05, 3.63) is 18.0 Å². The maximum Gasteiger partial charge on any atom is 0.0534 e. The molecule has 1 aliphatic heterocycles. The highest BCUT2D eigenvalue weighted by atomic mass is 15.3. The number of aromatic nitrogens is 2. The van der Waals surface area contributed by atoms with Crippen LogP contribution in [0.5, 0.6) is 0 Å². The summed E-state index contributed by atoms with van der Waals surface area (Å²) in [7, 11) is 0. The third-order valence-electron chi connectivity index (χ3n) is 3.77. The van der Waals surface area contributed by atoms with Crippen LogP contribution in [0.1, 0.15) is 51.6 Å². The molecule has 0 spiro atoms. The topological polar surface area (TPSA) is 33.1 Å². The average molecular weight is 264 g/mol. The van der Waals surface area contributed by atoms with Crippen LogP contribution in [-0.4, -0.2) is 40.4 Å². The van der Waals surface area contributed by atoms with Crippen LogP contribution in [0.3, 0.4) is 0 Å². The van der Waals surface area contributed by atoms with E-state index in [1.807, 2.05) is 10.9 Å². The number of rotatable bonds is 7. The van der Waals surface area contributed by atoms with Gasteiger partial charge in [0.2, 0.25) is 0 Å². The second kappa shape index (κ2) is 7.06. The molecule has 1 atom stereocenters. The summed E-state index contributed by atoms with van der Waals surface area (Å²) >= 11 is 0. The fourth-order valence-corrected chi connectivity index (χ4v) is 2.77. The second-order valence-corrected chi connectivity index (χ2v) is 5.95. The Morgan fingerprint density at radius 3 is 2.95 bits per heavy atom. The Morgan fingerprint density at radius 2 is 2.37 bits per heavy atom. The van der Waals surface area contributed by atoms with Crippen molar-refractivity contribution in [1.29, 1.82) is 0 Å². The Labute approximate surface area is 117 Å². The van der Waals surface area contributed by atoms with Gasteiger partial charge in [-0.05, 0) is 46.2 Å². The van der Waals surface area contributed by atoms with Crippen molar-refractivity contribution in [3.8, 4) is 0 Å². The van der Waals surface area contributed by atoms with Crippen LogP contribution in [0.2, 0.25) is 0 Å². The molecule has 0 bridgehead atoms. The Hall–Kier alpha value is -0.870. The lowest BCUT2D eigenvalue weighted by atomic mass is 10.2. The molecule has 1 saturated heterocycles. The second-order valence-electron chi connectivity index (χ2n) is 5.95. The lowest BCUT2D eigenvalue weighted by Crippen LogP contribution is -2.37. The molecule has 0 saturated carbocycles. The fourth-order valence-electron chi connectivity index (χ4n) is 2.77. The van der Waals surface area contributed by atoms with Gasteiger partial charge in [-0.15, -0.1) is 0 Å². The molecule has 4 nitrogen and oxygen atoms in total. The molecule has 1 N–H and O–H groups in total. The zero-order chi connectivity index (χ0) is 13.7. The zero-order valence-corrected chi connectivity index (χ0v) is 12.6. The third kappa shape index (κ3) is 4.32. The van der Waals surface area contributed by atoms with Crippen LogP contribution in [-0.2, 0) is 6.54 Å². The van der Waals surface area contributed by atoms with E-state index >= 15 is 0 Å². The summed E-state index contributed by atoms with van der Waals surface area (Å²) in [6.07, 6.45) is 8.08. The molecule has 1 fully saturated rings. The highest BCUT2D eigenvalue weighted by molar-refractivity contribution is 5.04. The van der Waals surface area contributed by atoms with Crippen molar-refractivity contribution in [1.82, 2.24) is 20.0 Å². The molecule has 2 rings (SSSR count). The van der Waals surface area contributed by atoms with Crippen LogP contribution < -0.4 is 5.32 Å². The monoisotopic (exact) mass is 264 g/mol. The van der Waals surface area contributed by atoms with Gasteiger partial charge in [0.1, 0.15) is 0 Å². The number of nitrogens with one attached hydrogen (secondary N) is 1. The van der Waals surface area contributed by atoms with E-state index in [9.17, 15) is 0 Å². The molecule has 108 valence electrons. The molecule has 1 aromatic heterocycles. The van der Waals surface area contributed by atoms with Crippen molar-refractivity contribution < 1.29 is 0 Å². The van der Waals surface area contributed by atoms with E-state index in [1.54, 1.807) is 0 Å². The predicted octanol–water partition coefficient (Wildman–Crippen LogP) is 2.43. The number of nitrogens with zero attached hydrogens (tertiary/aromatic N) is 3. The first-order valence-electron chi connectivity index (χ1n) is 7.67. The van der Waals surface area contributed by atoms with Crippen molar-refractivity contribution in [2.75, 3.05) is 19.6 Å². The molecule has 0 amide bonds. The van der Waals surface area contributed by atoms with Crippen molar-refractivity contribution in [3.63, 3.8) is 0 Å². The first-order chi connectivity index (χ1) is 9.19. The van der Waals surface area contributed by atoms with Crippen LogP contribution >= 0.6 is 0 Å². The van der Waals surface area contributed by atoms with Crippen molar-refractivity contribution >= 4 is 0 Å². The minimum absolute atomic E-state index is 0.449. The fraction of sp³-hybridized carbons (Fsp3) is 0.800. The van der Waals surface area contributed by atoms with Gasteiger partial charge >= 0.3 is 0 Å². The summed E-state index contributed by atoms with van der Waals surface area (Å²) in [6, 6.07) is 1.14. The third-order valence-corrected chi connectivity index (χ3v) is 3.77. The van der Waals surface area contributed by atoms with Crippen molar-refractivity contribution in [2.24, 2.45) is 0 Å². The molecular formula is C15H28N4. The maximum absolute atomic E-state index is 4.44. The molecule has 0 aliphatic carbocycles. The van der Waals surface area contributed by atoms with Crippen LogP contribution in [0.15, 0.2) is 12.4 Å². The highest BCUT2D eigenvalue weighted by Gasteiger charge is 2.18. The van der Waals surface area contributed by atoms with E-state index < -0.39 is 0 Å². The molecule has 1 aliphatic rings. The molecule has 2 heterocycles. The summed E-state index contributed by atoms with van der Waals surface area (Å²) in [5.74, 6) is 0. The van der Waals surface area contributed by atoms with Gasteiger partial charge in [-0.3, -0.25) is 9.58 Å². The normalized spacial score (nSPS) is 19.7. The Kier molecular flexibility index (Phi) is 5.40. The lowest BCUT2D eigenvalue weighted by Gasteiger charge is -2.24. The van der Waals surface area contributed by atoms with E-state index in [2.05, 4.69) is 42.3 Å². The summed E-state index contributed by atoms with van der Waals surface area (Å²) in [5.41, 5.74) is 1.33. The van der Waals surface area contributed by atoms with Gasteiger partial charge in [0.25, 0.3) is 0 Å². The van der Waals surface area contributed by atoms with Gasteiger partial charge in [0, 0.05) is 36.9 Å². The number of hydrogen-bond donors (Lipinski definition) is 1. The molecule has 0 aromatic carbocycles. The highest BCUT2D eigenvalue weighted by Crippen LogP contribution is 2.12. The molecule has 19 heavy (non-hydrogen) atoms. The minimum atomic E-state index is 0.449. The zero-order valence-electron chi connectivity index (χ0n) is 12.6.